The molecule has 2 bridgehead atoms. The van der Waals surface area contributed by atoms with Crippen LogP contribution >= 0.6 is 0 Å². The molecule has 1 unspecified atom stereocenters. The second kappa shape index (κ2) is 6.45. The number of aromatic nitrogens is 4. The number of hydrogen-bond acceptors (Lipinski definition) is 6. The molecule has 0 amide bonds. The molecule has 3 atom stereocenters. The lowest BCUT2D eigenvalue weighted by Gasteiger charge is -2.49. The summed E-state index contributed by atoms with van der Waals surface area (Å²) in [5.74, 6) is 1.37. The topological polar surface area (TPSA) is 81.6 Å². The Hall–Kier alpha value is -2.62. The van der Waals surface area contributed by atoms with Crippen LogP contribution < -0.4 is 10.5 Å². The van der Waals surface area contributed by atoms with Crippen LogP contribution in [0.15, 0.2) is 18.2 Å². The van der Waals surface area contributed by atoms with Gasteiger partial charge in [0.15, 0.2) is 11.5 Å². The number of nitrogen functional groups attached to an aromatic ring is 1. The lowest BCUT2D eigenvalue weighted by Crippen LogP contribution is -2.54. The highest BCUT2D eigenvalue weighted by molar-refractivity contribution is 5.95. The number of rotatable bonds is 3. The van der Waals surface area contributed by atoms with Crippen molar-refractivity contribution in [2.45, 2.75) is 37.4 Å². The zero-order chi connectivity index (χ0) is 20.3. The average molecular weight is 406 g/mol. The van der Waals surface area contributed by atoms with Gasteiger partial charge in [-0.3, -0.25) is 4.90 Å². The van der Waals surface area contributed by atoms with Crippen LogP contribution in [0.3, 0.4) is 0 Å². The van der Waals surface area contributed by atoms with E-state index in [1.807, 2.05) is 12.1 Å². The standard InChI is InChI=1S/C19H21F3N6O/c1-29-14-4-2-3-11-15(14)24-18(23)28-17(11)25-16(26-28)12-7-10-5-6-13(12)27(8-10)9-19(20,21)22/h2-4,10,12-13H,5-9H2,1H3,(H2,23,24)/t10?,12-,13+/m0/s1. The molecule has 0 radical (unpaired) electrons. The summed E-state index contributed by atoms with van der Waals surface area (Å²) in [5, 5.41) is 5.30. The fourth-order valence-electron chi connectivity index (χ4n) is 4.97. The molecule has 2 aliphatic heterocycles. The van der Waals surface area contributed by atoms with Crippen molar-refractivity contribution < 1.29 is 17.9 Å². The molecule has 2 saturated heterocycles. The Morgan fingerprint density at radius 1 is 1.24 bits per heavy atom. The van der Waals surface area contributed by atoms with E-state index in [-0.39, 0.29) is 23.8 Å². The Bertz CT molecular complexity index is 1080. The van der Waals surface area contributed by atoms with Crippen LogP contribution in [0.25, 0.3) is 16.6 Å². The average Bonchev–Trinajstić information content (AvgIpc) is 3.13. The van der Waals surface area contributed by atoms with E-state index in [4.69, 9.17) is 15.5 Å². The van der Waals surface area contributed by atoms with Gasteiger partial charge in [-0.2, -0.15) is 17.7 Å². The van der Waals surface area contributed by atoms with Crippen LogP contribution in [0.2, 0.25) is 0 Å². The van der Waals surface area contributed by atoms with E-state index in [9.17, 15) is 13.2 Å². The van der Waals surface area contributed by atoms with Crippen LogP contribution in [-0.4, -0.2) is 56.9 Å². The number of nitrogens with zero attached hydrogens (tertiary/aromatic N) is 5. The zero-order valence-corrected chi connectivity index (χ0v) is 15.9. The molecule has 2 aromatic heterocycles. The number of alkyl halides is 3. The van der Waals surface area contributed by atoms with Gasteiger partial charge in [0.05, 0.1) is 13.7 Å². The predicted octanol–water partition coefficient (Wildman–Crippen LogP) is 3.00. The van der Waals surface area contributed by atoms with Gasteiger partial charge in [-0.05, 0) is 37.3 Å². The molecule has 1 aromatic carbocycles. The molecule has 3 aromatic rings. The molecule has 6 rings (SSSR count). The predicted molar refractivity (Wildman–Crippen MR) is 101 cm³/mol. The fraction of sp³-hybridized carbons (Fsp3) is 0.526. The Labute approximate surface area is 164 Å². The second-order valence-corrected chi connectivity index (χ2v) is 7.93. The molecule has 1 saturated carbocycles. The van der Waals surface area contributed by atoms with E-state index in [1.54, 1.807) is 18.1 Å². The van der Waals surface area contributed by atoms with Crippen LogP contribution in [0.5, 0.6) is 5.75 Å². The molecule has 3 aliphatic rings. The third-order valence-electron chi connectivity index (χ3n) is 6.12. The van der Waals surface area contributed by atoms with Crippen LogP contribution in [0.4, 0.5) is 19.1 Å². The zero-order valence-electron chi connectivity index (χ0n) is 15.9. The van der Waals surface area contributed by atoms with Crippen molar-refractivity contribution in [1.82, 2.24) is 24.5 Å². The molecule has 1 aliphatic carbocycles. The minimum absolute atomic E-state index is 0.148. The van der Waals surface area contributed by atoms with Crippen molar-refractivity contribution in [3.63, 3.8) is 0 Å². The Balaban J connectivity index is 1.59. The van der Waals surface area contributed by atoms with E-state index in [2.05, 4.69) is 10.1 Å². The summed E-state index contributed by atoms with van der Waals surface area (Å²) in [6, 6.07) is 5.27. The first kappa shape index (κ1) is 18.4. The number of para-hydroxylation sites is 1. The first-order valence-corrected chi connectivity index (χ1v) is 9.63. The maximum Gasteiger partial charge on any atom is 0.401 e. The van der Waals surface area contributed by atoms with E-state index in [0.717, 1.165) is 24.6 Å². The molecule has 154 valence electrons. The SMILES string of the molecule is COc1cccc2c1nc(N)n1nc([C@H]3CC4CC[C@H]3N(CC(F)(F)F)C4)nc21. The first-order chi connectivity index (χ1) is 13.8. The fourth-order valence-corrected chi connectivity index (χ4v) is 4.97. The van der Waals surface area contributed by atoms with Gasteiger partial charge in [-0.1, -0.05) is 6.07 Å². The summed E-state index contributed by atoms with van der Waals surface area (Å²) in [7, 11) is 1.56. The molecule has 10 heteroatoms. The Kier molecular flexibility index (Phi) is 4.09. The Morgan fingerprint density at radius 2 is 2.07 bits per heavy atom. The van der Waals surface area contributed by atoms with Gasteiger partial charge in [0, 0.05) is 23.9 Å². The molecule has 0 spiro atoms. The quantitative estimate of drug-likeness (QED) is 0.720. The lowest BCUT2D eigenvalue weighted by molar-refractivity contribution is -0.162. The van der Waals surface area contributed by atoms with Gasteiger partial charge in [-0.15, -0.1) is 5.10 Å². The van der Waals surface area contributed by atoms with E-state index < -0.39 is 12.7 Å². The third kappa shape index (κ3) is 3.06. The highest BCUT2D eigenvalue weighted by atomic mass is 19.4. The summed E-state index contributed by atoms with van der Waals surface area (Å²) in [6.45, 7) is -0.403. The van der Waals surface area contributed by atoms with E-state index >= 15 is 0 Å². The minimum Gasteiger partial charge on any atom is -0.494 e. The molecular weight excluding hydrogens is 385 g/mol. The maximum absolute atomic E-state index is 13.0. The number of fused-ring (bicyclic) bond motifs is 6. The van der Waals surface area contributed by atoms with Crippen molar-refractivity contribution in [2.24, 2.45) is 5.92 Å². The number of piperidine rings is 2. The molecule has 4 heterocycles. The van der Waals surface area contributed by atoms with E-state index in [0.29, 0.717) is 29.3 Å². The Morgan fingerprint density at radius 3 is 2.79 bits per heavy atom. The largest absolute Gasteiger partial charge is 0.494 e. The number of anilines is 1. The summed E-state index contributed by atoms with van der Waals surface area (Å²) in [5.41, 5.74) is 7.24. The van der Waals surface area contributed by atoms with Crippen molar-refractivity contribution in [1.29, 1.82) is 0 Å². The van der Waals surface area contributed by atoms with Crippen LogP contribution in [-0.2, 0) is 0 Å². The smallest absolute Gasteiger partial charge is 0.401 e. The van der Waals surface area contributed by atoms with E-state index in [1.165, 1.54) is 4.52 Å². The summed E-state index contributed by atoms with van der Waals surface area (Å²) in [4.78, 5) is 10.7. The third-order valence-corrected chi connectivity index (χ3v) is 6.12. The highest BCUT2D eigenvalue weighted by Crippen LogP contribution is 2.44. The molecule has 7 nitrogen and oxygen atoms in total. The normalized spacial score (nSPS) is 25.2. The van der Waals surface area contributed by atoms with Crippen molar-refractivity contribution in [2.75, 3.05) is 25.9 Å². The first-order valence-electron chi connectivity index (χ1n) is 9.63. The highest BCUT2D eigenvalue weighted by Gasteiger charge is 2.46. The van der Waals surface area contributed by atoms with Crippen LogP contribution in [0, 0.1) is 5.92 Å². The van der Waals surface area contributed by atoms with Gasteiger partial charge >= 0.3 is 6.18 Å². The second-order valence-electron chi connectivity index (χ2n) is 7.93. The van der Waals surface area contributed by atoms with Crippen molar-refractivity contribution in [3.8, 4) is 5.75 Å². The van der Waals surface area contributed by atoms with Gasteiger partial charge in [0.25, 0.3) is 0 Å². The number of nitrogens with two attached hydrogens (primary N) is 1. The summed E-state index contributed by atoms with van der Waals surface area (Å²) < 4.78 is 46.0. The van der Waals surface area contributed by atoms with Gasteiger partial charge < -0.3 is 10.5 Å². The van der Waals surface area contributed by atoms with Gasteiger partial charge in [-0.25, -0.2) is 9.97 Å². The monoisotopic (exact) mass is 406 g/mol. The number of benzene rings is 1. The number of methoxy groups -OCH3 is 1. The molecular formula is C19H21F3N6O. The summed E-state index contributed by atoms with van der Waals surface area (Å²) >= 11 is 0. The number of hydrogen-bond donors (Lipinski definition) is 1. The van der Waals surface area contributed by atoms with Crippen molar-refractivity contribution in [3.05, 3.63) is 24.0 Å². The number of halogens is 3. The molecule has 3 fully saturated rings. The van der Waals surface area contributed by atoms with Crippen molar-refractivity contribution >= 4 is 22.5 Å². The summed E-state index contributed by atoms with van der Waals surface area (Å²) in [6.07, 6.45) is -1.74. The van der Waals surface area contributed by atoms with Crippen LogP contribution in [0.1, 0.15) is 31.0 Å². The maximum atomic E-state index is 13.0. The number of ether oxygens (including phenoxy) is 1. The minimum atomic E-state index is -4.21. The lowest BCUT2D eigenvalue weighted by atomic mass is 9.72. The molecule has 29 heavy (non-hydrogen) atoms. The van der Waals surface area contributed by atoms with Gasteiger partial charge in [0.2, 0.25) is 5.95 Å². The molecule has 2 N–H and O–H groups in total. The van der Waals surface area contributed by atoms with Gasteiger partial charge in [0.1, 0.15) is 11.3 Å².